The summed E-state index contributed by atoms with van der Waals surface area (Å²) in [5.41, 5.74) is 3.69. The predicted molar refractivity (Wildman–Crippen MR) is 103 cm³/mol. The highest BCUT2D eigenvalue weighted by Gasteiger charge is 2.24. The summed E-state index contributed by atoms with van der Waals surface area (Å²) in [6.45, 7) is 6.12. The molecule has 7 nitrogen and oxygen atoms in total. The van der Waals surface area contributed by atoms with Crippen LogP contribution >= 0.6 is 0 Å². The number of benzene rings is 1. The maximum Gasteiger partial charge on any atom is 0.244 e. The molecule has 27 heavy (non-hydrogen) atoms. The Kier molecular flexibility index (Phi) is 4.42. The van der Waals surface area contributed by atoms with Gasteiger partial charge in [-0.3, -0.25) is 9.20 Å². The van der Waals surface area contributed by atoms with E-state index in [4.69, 9.17) is 4.74 Å². The molecule has 0 bridgehead atoms. The van der Waals surface area contributed by atoms with Gasteiger partial charge in [-0.25, -0.2) is 4.98 Å². The van der Waals surface area contributed by atoms with E-state index in [-0.39, 0.29) is 5.91 Å². The van der Waals surface area contributed by atoms with Gasteiger partial charge in [-0.15, -0.1) is 0 Å². The molecule has 4 rings (SSSR count). The van der Waals surface area contributed by atoms with Gasteiger partial charge in [0.15, 0.2) is 5.65 Å². The van der Waals surface area contributed by atoms with Gasteiger partial charge in [0.05, 0.1) is 29.8 Å². The Balaban J connectivity index is 1.77. The molecule has 1 aliphatic heterocycles. The molecular weight excluding hydrogens is 342 g/mol. The maximum atomic E-state index is 12.8. The smallest absolute Gasteiger partial charge is 0.244 e. The van der Waals surface area contributed by atoms with E-state index in [1.54, 1.807) is 0 Å². The molecule has 0 saturated carbocycles. The van der Waals surface area contributed by atoms with Crippen LogP contribution in [-0.2, 0) is 9.53 Å². The number of morpholine rings is 1. The van der Waals surface area contributed by atoms with E-state index in [1.165, 1.54) is 0 Å². The minimum absolute atomic E-state index is 0.0397. The number of amides is 1. The third-order valence-corrected chi connectivity index (χ3v) is 4.94. The Morgan fingerprint density at radius 1 is 1.33 bits per heavy atom. The number of hydrogen-bond donors (Lipinski definition) is 1. The molecule has 0 aliphatic carbocycles. The highest BCUT2D eigenvalue weighted by atomic mass is 16.5. The number of nitrogens with one attached hydrogen (secondary N) is 1. The number of carbonyl (C=O) groups is 1. The summed E-state index contributed by atoms with van der Waals surface area (Å²) < 4.78 is 7.25. The Morgan fingerprint density at radius 2 is 2.07 bits per heavy atom. The van der Waals surface area contributed by atoms with Gasteiger partial charge < -0.3 is 15.0 Å². The number of hydrogen-bond acceptors (Lipinski definition) is 5. The maximum absolute atomic E-state index is 12.8. The second-order valence-electron chi connectivity index (χ2n) is 6.76. The molecule has 0 spiro atoms. The number of rotatable bonds is 3. The van der Waals surface area contributed by atoms with Crippen LogP contribution in [0.2, 0.25) is 0 Å². The van der Waals surface area contributed by atoms with E-state index in [0.29, 0.717) is 37.5 Å². The molecule has 3 heterocycles. The number of aryl methyl sites for hydroxylation is 1. The Hall–Kier alpha value is -3.11. The lowest BCUT2D eigenvalue weighted by molar-refractivity contribution is -0.135. The van der Waals surface area contributed by atoms with Gasteiger partial charge in [-0.05, 0) is 37.6 Å². The summed E-state index contributed by atoms with van der Waals surface area (Å²) in [5.74, 6) is 0.794. The van der Waals surface area contributed by atoms with Gasteiger partial charge in [-0.2, -0.15) is 5.26 Å². The quantitative estimate of drug-likeness (QED) is 0.772. The van der Waals surface area contributed by atoms with Crippen molar-refractivity contribution >= 4 is 28.4 Å². The van der Waals surface area contributed by atoms with E-state index in [0.717, 1.165) is 22.4 Å². The van der Waals surface area contributed by atoms with Crippen LogP contribution in [0.4, 0.5) is 5.82 Å². The van der Waals surface area contributed by atoms with Crippen molar-refractivity contribution < 1.29 is 9.53 Å². The Labute approximate surface area is 157 Å². The van der Waals surface area contributed by atoms with Crippen molar-refractivity contribution in [2.75, 3.05) is 31.6 Å². The van der Waals surface area contributed by atoms with E-state index in [9.17, 15) is 10.1 Å². The van der Waals surface area contributed by atoms with Crippen LogP contribution < -0.4 is 5.32 Å². The molecule has 0 radical (unpaired) electrons. The number of carbonyl (C=O) groups excluding carboxylic acids is 1. The van der Waals surface area contributed by atoms with Gasteiger partial charge in [0.2, 0.25) is 5.91 Å². The third kappa shape index (κ3) is 2.98. The lowest BCUT2D eigenvalue weighted by Gasteiger charge is -2.30. The molecule has 1 fully saturated rings. The zero-order valence-electron chi connectivity index (χ0n) is 15.4. The molecule has 1 unspecified atom stereocenters. The van der Waals surface area contributed by atoms with Crippen molar-refractivity contribution in [3.8, 4) is 6.07 Å². The normalized spacial score (nSPS) is 15.7. The van der Waals surface area contributed by atoms with Crippen LogP contribution in [0.5, 0.6) is 0 Å². The number of aromatic nitrogens is 2. The number of imidazole rings is 1. The predicted octanol–water partition coefficient (Wildman–Crippen LogP) is 2.33. The number of anilines is 1. The van der Waals surface area contributed by atoms with Crippen LogP contribution in [0.3, 0.4) is 0 Å². The lowest BCUT2D eigenvalue weighted by atomic mass is 10.1. The fourth-order valence-corrected chi connectivity index (χ4v) is 3.54. The molecule has 1 N–H and O–H groups in total. The fourth-order valence-electron chi connectivity index (χ4n) is 3.54. The lowest BCUT2D eigenvalue weighted by Crippen LogP contribution is -2.47. The van der Waals surface area contributed by atoms with Gasteiger partial charge in [-0.1, -0.05) is 12.1 Å². The van der Waals surface area contributed by atoms with Crippen molar-refractivity contribution in [2.24, 2.45) is 0 Å². The topological polar surface area (TPSA) is 82.7 Å². The number of nitriles is 1. The summed E-state index contributed by atoms with van der Waals surface area (Å²) in [6, 6.07) is 11.5. The minimum atomic E-state index is -0.403. The first-order valence-electron chi connectivity index (χ1n) is 9.04. The van der Waals surface area contributed by atoms with E-state index in [1.807, 2.05) is 53.5 Å². The molecule has 3 aromatic rings. The second-order valence-corrected chi connectivity index (χ2v) is 6.76. The van der Waals surface area contributed by atoms with Crippen LogP contribution in [0, 0.1) is 18.3 Å². The molecular formula is C20H21N5O2. The van der Waals surface area contributed by atoms with Crippen molar-refractivity contribution in [1.82, 2.24) is 14.3 Å². The van der Waals surface area contributed by atoms with E-state index in [2.05, 4.69) is 16.4 Å². The SMILES string of the molecule is Cc1cc(NC(C)C(=O)N2CCOCC2)n2c(nc3ccccc32)c1C#N. The summed E-state index contributed by atoms with van der Waals surface area (Å²) in [6.07, 6.45) is 0. The van der Waals surface area contributed by atoms with Crippen molar-refractivity contribution in [3.05, 3.63) is 41.5 Å². The molecule has 1 aliphatic rings. The standard InChI is InChI=1S/C20H21N5O2/c1-13-11-18(22-14(2)20(26)24-7-9-27-10-8-24)25-17-6-4-3-5-16(17)23-19(25)15(13)12-21/h3-6,11,14,22H,7-10H2,1-2H3. The Bertz CT molecular complexity index is 1060. The van der Waals surface area contributed by atoms with Crippen LogP contribution in [-0.4, -0.2) is 52.5 Å². The van der Waals surface area contributed by atoms with E-state index >= 15 is 0 Å². The number of fused-ring (bicyclic) bond motifs is 3. The molecule has 1 atom stereocenters. The van der Waals surface area contributed by atoms with Gasteiger partial charge in [0.25, 0.3) is 0 Å². The minimum Gasteiger partial charge on any atom is -0.378 e. The first kappa shape index (κ1) is 17.3. The van der Waals surface area contributed by atoms with Crippen LogP contribution in [0.25, 0.3) is 16.7 Å². The molecule has 138 valence electrons. The number of para-hydroxylation sites is 2. The second kappa shape index (κ2) is 6.89. The average molecular weight is 363 g/mol. The first-order valence-corrected chi connectivity index (χ1v) is 9.04. The summed E-state index contributed by atoms with van der Waals surface area (Å²) in [5, 5.41) is 12.9. The van der Waals surface area contributed by atoms with Gasteiger partial charge >= 0.3 is 0 Å². The van der Waals surface area contributed by atoms with Crippen LogP contribution in [0.15, 0.2) is 30.3 Å². The van der Waals surface area contributed by atoms with Gasteiger partial charge in [0, 0.05) is 13.1 Å². The fraction of sp³-hybridized carbons (Fsp3) is 0.350. The first-order chi connectivity index (χ1) is 13.1. The van der Waals surface area contributed by atoms with Crippen molar-refractivity contribution in [2.45, 2.75) is 19.9 Å². The largest absolute Gasteiger partial charge is 0.378 e. The number of nitrogens with zero attached hydrogens (tertiary/aromatic N) is 4. The molecule has 1 saturated heterocycles. The summed E-state index contributed by atoms with van der Waals surface area (Å²) >= 11 is 0. The highest BCUT2D eigenvalue weighted by molar-refractivity contribution is 5.87. The van der Waals surface area contributed by atoms with Crippen LogP contribution in [0.1, 0.15) is 18.1 Å². The molecule has 1 aromatic carbocycles. The highest BCUT2D eigenvalue weighted by Crippen LogP contribution is 2.27. The van der Waals surface area contributed by atoms with Gasteiger partial charge in [0.1, 0.15) is 17.9 Å². The summed E-state index contributed by atoms with van der Waals surface area (Å²) in [7, 11) is 0. The molecule has 2 aromatic heterocycles. The zero-order chi connectivity index (χ0) is 19.0. The Morgan fingerprint density at radius 3 is 2.81 bits per heavy atom. The summed E-state index contributed by atoms with van der Waals surface area (Å²) in [4.78, 5) is 19.2. The monoisotopic (exact) mass is 363 g/mol. The molecule has 7 heteroatoms. The van der Waals surface area contributed by atoms with Crippen molar-refractivity contribution in [3.63, 3.8) is 0 Å². The number of pyridine rings is 1. The zero-order valence-corrected chi connectivity index (χ0v) is 15.4. The number of ether oxygens (including phenoxy) is 1. The van der Waals surface area contributed by atoms with E-state index < -0.39 is 6.04 Å². The molecule has 1 amide bonds. The van der Waals surface area contributed by atoms with Crippen molar-refractivity contribution in [1.29, 1.82) is 5.26 Å². The average Bonchev–Trinajstić information content (AvgIpc) is 3.07. The third-order valence-electron chi connectivity index (χ3n) is 4.94.